The van der Waals surface area contributed by atoms with Crippen LogP contribution in [0, 0.1) is 0 Å². The van der Waals surface area contributed by atoms with Gasteiger partial charge in [-0.05, 0) is 20.8 Å². The Hall–Kier alpha value is -0.920. The zero-order valence-corrected chi connectivity index (χ0v) is 10.6. The summed E-state index contributed by atoms with van der Waals surface area (Å²) in [6, 6.07) is 0. The summed E-state index contributed by atoms with van der Waals surface area (Å²) < 4.78 is 52.1. The van der Waals surface area contributed by atoms with Gasteiger partial charge in [0, 0.05) is 6.54 Å². The summed E-state index contributed by atoms with van der Waals surface area (Å²) >= 11 is 0. The highest BCUT2D eigenvalue weighted by Crippen LogP contribution is 2.23. The zero-order valence-electron chi connectivity index (χ0n) is 9.81. The van der Waals surface area contributed by atoms with Crippen molar-refractivity contribution in [3.63, 3.8) is 0 Å². The predicted molar refractivity (Wildman–Crippen MR) is 56.5 cm³/mol. The van der Waals surface area contributed by atoms with Gasteiger partial charge in [0.05, 0.1) is 6.54 Å². The van der Waals surface area contributed by atoms with Crippen LogP contribution in [0.4, 0.5) is 13.1 Å². The normalized spacial score (nSPS) is 26.1. The molecule has 0 aromatic heterocycles. The Morgan fingerprint density at radius 3 is 2.24 bits per heavy atom. The lowest BCUT2D eigenvalue weighted by Gasteiger charge is -2.24. The lowest BCUT2D eigenvalue weighted by Crippen LogP contribution is -2.36. The molecule has 5 nitrogen and oxygen atoms in total. The van der Waals surface area contributed by atoms with E-state index in [2.05, 4.69) is 0 Å². The summed E-state index contributed by atoms with van der Waals surface area (Å²) in [5, 5.41) is -1.81. The van der Waals surface area contributed by atoms with Crippen molar-refractivity contribution in [3.8, 4) is 0 Å². The first-order valence-corrected chi connectivity index (χ1v) is 6.51. The minimum absolute atomic E-state index is 0.470. The van der Waals surface area contributed by atoms with Gasteiger partial charge in [-0.1, -0.05) is 0 Å². The van der Waals surface area contributed by atoms with E-state index in [9.17, 15) is 21.5 Å². The number of hydrogen-bond acceptors (Lipinski definition) is 4. The maximum atomic E-state index is 13.3. The smallest absolute Gasteiger partial charge is 0.410 e. The van der Waals surface area contributed by atoms with E-state index in [4.69, 9.17) is 4.74 Å². The minimum atomic E-state index is -4.99. The molecule has 2 atom stereocenters. The topological polar surface area (TPSA) is 63.7 Å². The fraction of sp³-hybridized carbons (Fsp3) is 0.889. The summed E-state index contributed by atoms with van der Waals surface area (Å²) in [6.07, 6.45) is -2.76. The Morgan fingerprint density at radius 2 is 1.88 bits per heavy atom. The fourth-order valence-corrected chi connectivity index (χ4v) is 2.27. The molecule has 0 spiro atoms. The highest BCUT2D eigenvalue weighted by atomic mass is 32.3. The van der Waals surface area contributed by atoms with Gasteiger partial charge in [0.1, 0.15) is 17.0 Å². The lowest BCUT2D eigenvalue weighted by molar-refractivity contribution is 0.0284. The second-order valence-corrected chi connectivity index (χ2v) is 6.47. The largest absolute Gasteiger partial charge is 0.444 e. The van der Waals surface area contributed by atoms with Crippen molar-refractivity contribution in [2.24, 2.45) is 0 Å². The molecular formula is C9H15F2NO4S. The molecule has 1 aliphatic rings. The third kappa shape index (κ3) is 3.79. The number of amides is 1. The van der Waals surface area contributed by atoms with Crippen LogP contribution in [0.2, 0.25) is 0 Å². The van der Waals surface area contributed by atoms with Gasteiger partial charge in [0.25, 0.3) is 0 Å². The van der Waals surface area contributed by atoms with Crippen molar-refractivity contribution in [1.82, 2.24) is 4.90 Å². The molecule has 0 aliphatic carbocycles. The summed E-state index contributed by atoms with van der Waals surface area (Å²) in [6.45, 7) is 3.88. The molecular weight excluding hydrogens is 256 g/mol. The fourth-order valence-electron chi connectivity index (χ4n) is 1.48. The van der Waals surface area contributed by atoms with Crippen molar-refractivity contribution in [2.45, 2.75) is 37.8 Å². The monoisotopic (exact) mass is 271 g/mol. The zero-order chi connectivity index (χ0) is 13.4. The first-order valence-electron chi connectivity index (χ1n) is 5.06. The summed E-state index contributed by atoms with van der Waals surface area (Å²) in [7, 11) is -4.99. The van der Waals surface area contributed by atoms with Crippen molar-refractivity contribution in [3.05, 3.63) is 0 Å². The number of carbonyl (C=O) groups is 1. The van der Waals surface area contributed by atoms with Crippen LogP contribution in [0.15, 0.2) is 0 Å². The molecule has 17 heavy (non-hydrogen) atoms. The van der Waals surface area contributed by atoms with Crippen LogP contribution in [0.5, 0.6) is 0 Å². The number of halogens is 2. The third-order valence-electron chi connectivity index (χ3n) is 2.21. The highest BCUT2D eigenvalue weighted by molar-refractivity contribution is 7.87. The second-order valence-electron chi connectivity index (χ2n) is 4.92. The number of ether oxygens (including phenoxy) is 1. The average Bonchev–Trinajstić information content (AvgIpc) is 2.42. The Morgan fingerprint density at radius 1 is 1.35 bits per heavy atom. The Balaban J connectivity index is 2.70. The van der Waals surface area contributed by atoms with Gasteiger partial charge < -0.3 is 9.64 Å². The standard InChI is InChI=1S/C9H15F2NO4S/c1-9(2,3)16-8(13)12-4-6(10)7(5-12)17(11,14)15/h6-7H,4-5H2,1-3H3. The Kier molecular flexibility index (Phi) is 3.66. The molecule has 8 heteroatoms. The van der Waals surface area contributed by atoms with Crippen LogP contribution in [-0.4, -0.2) is 49.5 Å². The van der Waals surface area contributed by atoms with Crippen LogP contribution in [0.3, 0.4) is 0 Å². The Bertz CT molecular complexity index is 404. The molecule has 0 radical (unpaired) electrons. The second kappa shape index (κ2) is 4.40. The first kappa shape index (κ1) is 14.1. The number of rotatable bonds is 1. The number of alkyl halides is 1. The van der Waals surface area contributed by atoms with Gasteiger partial charge in [-0.25, -0.2) is 9.18 Å². The van der Waals surface area contributed by atoms with Crippen LogP contribution in [-0.2, 0) is 15.0 Å². The van der Waals surface area contributed by atoms with Crippen molar-refractivity contribution in [2.75, 3.05) is 13.1 Å². The summed E-state index contributed by atoms with van der Waals surface area (Å²) in [5.74, 6) is 0. The van der Waals surface area contributed by atoms with E-state index in [1.54, 1.807) is 20.8 Å². The van der Waals surface area contributed by atoms with E-state index in [0.717, 1.165) is 4.90 Å². The highest BCUT2D eigenvalue weighted by Gasteiger charge is 2.44. The Labute approximate surface area is 98.9 Å². The van der Waals surface area contributed by atoms with Gasteiger partial charge in [0.15, 0.2) is 0 Å². The molecule has 0 N–H and O–H groups in total. The van der Waals surface area contributed by atoms with Crippen LogP contribution < -0.4 is 0 Å². The van der Waals surface area contributed by atoms with Crippen LogP contribution in [0.1, 0.15) is 20.8 Å². The third-order valence-corrected chi connectivity index (χ3v) is 3.38. The molecule has 0 saturated carbocycles. The number of likely N-dealkylation sites (tertiary alicyclic amines) is 1. The van der Waals surface area contributed by atoms with E-state index in [1.165, 1.54) is 0 Å². The van der Waals surface area contributed by atoms with Gasteiger partial charge in [0.2, 0.25) is 0 Å². The number of nitrogens with zero attached hydrogens (tertiary/aromatic N) is 1. The molecule has 1 saturated heterocycles. The molecule has 2 unspecified atom stereocenters. The van der Waals surface area contributed by atoms with Gasteiger partial charge >= 0.3 is 16.3 Å². The van der Waals surface area contributed by atoms with Gasteiger partial charge in [-0.15, -0.1) is 3.89 Å². The quantitative estimate of drug-likeness (QED) is 0.673. The summed E-state index contributed by atoms with van der Waals surface area (Å²) in [5.41, 5.74) is -0.768. The minimum Gasteiger partial charge on any atom is -0.444 e. The van der Waals surface area contributed by atoms with E-state index >= 15 is 0 Å². The van der Waals surface area contributed by atoms with E-state index in [-0.39, 0.29) is 0 Å². The molecule has 1 aliphatic heterocycles. The average molecular weight is 271 g/mol. The number of carbonyl (C=O) groups excluding carboxylic acids is 1. The molecule has 1 heterocycles. The van der Waals surface area contributed by atoms with Crippen molar-refractivity contribution >= 4 is 16.3 Å². The molecule has 0 aromatic rings. The summed E-state index contributed by atoms with van der Waals surface area (Å²) in [4.78, 5) is 12.4. The SMILES string of the molecule is CC(C)(C)OC(=O)N1CC(F)C(S(=O)(=O)F)C1. The van der Waals surface area contributed by atoms with E-state index in [0.29, 0.717) is 0 Å². The van der Waals surface area contributed by atoms with Gasteiger partial charge in [-0.3, -0.25) is 0 Å². The number of hydrogen-bond donors (Lipinski definition) is 0. The van der Waals surface area contributed by atoms with Gasteiger partial charge in [-0.2, -0.15) is 8.42 Å². The van der Waals surface area contributed by atoms with E-state index < -0.39 is 46.4 Å². The molecule has 1 rings (SSSR count). The predicted octanol–water partition coefficient (Wildman–Crippen LogP) is 1.24. The lowest BCUT2D eigenvalue weighted by atomic mass is 10.2. The van der Waals surface area contributed by atoms with Crippen molar-refractivity contribution in [1.29, 1.82) is 0 Å². The van der Waals surface area contributed by atoms with Crippen molar-refractivity contribution < 1.29 is 26.2 Å². The van der Waals surface area contributed by atoms with Crippen LogP contribution in [0.25, 0.3) is 0 Å². The van der Waals surface area contributed by atoms with E-state index in [1.807, 2.05) is 0 Å². The molecule has 1 amide bonds. The molecule has 100 valence electrons. The molecule has 0 bridgehead atoms. The molecule has 0 aromatic carbocycles. The first-order chi connectivity index (χ1) is 7.50. The maximum absolute atomic E-state index is 13.3. The van der Waals surface area contributed by atoms with Crippen LogP contribution >= 0.6 is 0 Å². The molecule has 1 fully saturated rings. The maximum Gasteiger partial charge on any atom is 0.410 e.